The Bertz CT molecular complexity index is 1250. The van der Waals surface area contributed by atoms with Crippen molar-refractivity contribution in [1.82, 2.24) is 14.9 Å². The maximum atomic E-state index is 12.7. The highest BCUT2D eigenvalue weighted by Gasteiger charge is 2.27. The quantitative estimate of drug-likeness (QED) is 0.335. The number of rotatable bonds is 6. The summed E-state index contributed by atoms with van der Waals surface area (Å²) < 4.78 is 5.52. The van der Waals surface area contributed by atoms with Gasteiger partial charge in [0.2, 0.25) is 0 Å². The maximum Gasteiger partial charge on any atom is 0.410 e. The molecule has 3 N–H and O–H groups in total. The van der Waals surface area contributed by atoms with E-state index in [4.69, 9.17) is 16.3 Å². The molecule has 3 heterocycles. The Hall–Kier alpha value is -3.37. The maximum absolute atomic E-state index is 12.7. The number of para-hydroxylation sites is 1. The summed E-state index contributed by atoms with van der Waals surface area (Å²) in [6, 6.07) is 11.1. The third-order valence-electron chi connectivity index (χ3n) is 5.60. The van der Waals surface area contributed by atoms with Gasteiger partial charge in [-0.05, 0) is 64.3 Å². The van der Waals surface area contributed by atoms with E-state index in [9.17, 15) is 9.59 Å². The van der Waals surface area contributed by atoms with Crippen LogP contribution >= 0.6 is 22.9 Å². The molecule has 1 aromatic carbocycles. The van der Waals surface area contributed by atoms with E-state index in [1.54, 1.807) is 11.0 Å². The third-order valence-corrected chi connectivity index (χ3v) is 6.83. The summed E-state index contributed by atoms with van der Waals surface area (Å²) in [5.74, 6) is 0.995. The van der Waals surface area contributed by atoms with Gasteiger partial charge in [0.15, 0.2) is 5.13 Å². The molecule has 0 spiro atoms. The minimum absolute atomic E-state index is 0.0625. The molecule has 0 bridgehead atoms. The van der Waals surface area contributed by atoms with E-state index in [2.05, 4.69) is 25.9 Å². The van der Waals surface area contributed by atoms with Crippen LogP contribution in [0.15, 0.2) is 42.6 Å². The number of amides is 2. The lowest BCUT2D eigenvalue weighted by molar-refractivity contribution is 0.0206. The number of hydrogen-bond donors (Lipinski definition) is 3. The normalized spacial score (nSPS) is 15.7. The Morgan fingerprint density at radius 2 is 1.92 bits per heavy atom. The molecule has 196 valence electrons. The van der Waals surface area contributed by atoms with Crippen molar-refractivity contribution >= 4 is 57.4 Å². The van der Waals surface area contributed by atoms with E-state index in [0.717, 1.165) is 18.4 Å². The monoisotopic (exact) mass is 542 g/mol. The van der Waals surface area contributed by atoms with Crippen LogP contribution < -0.4 is 16.0 Å². The standard InChI is InChI=1S/C26H31ClN6O3S/c1-16-8-5-10-18(27)22(16)32-23(34)19-14-28-24(37-19)31-21-12-6-11-20(30-21)29-17-9-7-13-33(15-17)25(35)36-26(2,3)4/h5-6,8,10-12,14,17H,7,9,13,15H2,1-4H3,(H,32,34)(H2,28,29,30,31)/t17-/m0/s1. The van der Waals surface area contributed by atoms with Crippen LogP contribution in [0.4, 0.5) is 27.2 Å². The molecule has 0 saturated carbocycles. The van der Waals surface area contributed by atoms with Crippen molar-refractivity contribution in [3.8, 4) is 0 Å². The number of aromatic nitrogens is 2. The van der Waals surface area contributed by atoms with Crippen molar-refractivity contribution < 1.29 is 14.3 Å². The summed E-state index contributed by atoms with van der Waals surface area (Å²) in [6.07, 6.45) is 3.03. The molecular formula is C26H31ClN6O3S. The molecule has 9 nitrogen and oxygen atoms in total. The van der Waals surface area contributed by atoms with Crippen LogP contribution in [0.3, 0.4) is 0 Å². The lowest BCUT2D eigenvalue weighted by Crippen LogP contribution is -2.47. The van der Waals surface area contributed by atoms with Gasteiger partial charge in [-0.1, -0.05) is 41.1 Å². The van der Waals surface area contributed by atoms with E-state index in [1.807, 2.05) is 58.0 Å². The zero-order chi connectivity index (χ0) is 26.6. The second-order valence-electron chi connectivity index (χ2n) is 9.86. The molecule has 1 aliphatic rings. The number of carbonyl (C=O) groups excluding carboxylic acids is 2. The lowest BCUT2D eigenvalue weighted by Gasteiger charge is -2.34. The molecule has 3 aromatic rings. The first kappa shape index (κ1) is 26.7. The second-order valence-corrected chi connectivity index (χ2v) is 11.3. The molecule has 0 aliphatic carbocycles. The van der Waals surface area contributed by atoms with E-state index >= 15 is 0 Å². The number of benzene rings is 1. The largest absolute Gasteiger partial charge is 0.444 e. The first-order valence-corrected chi connectivity index (χ1v) is 13.3. The van der Waals surface area contributed by atoms with Gasteiger partial charge in [0.05, 0.1) is 16.9 Å². The van der Waals surface area contributed by atoms with Gasteiger partial charge in [0, 0.05) is 19.1 Å². The Morgan fingerprint density at radius 1 is 1.16 bits per heavy atom. The van der Waals surface area contributed by atoms with Crippen LogP contribution in [0.25, 0.3) is 0 Å². The average Bonchev–Trinajstić information content (AvgIpc) is 3.29. The summed E-state index contributed by atoms with van der Waals surface area (Å²) in [5, 5.41) is 10.5. The predicted octanol–water partition coefficient (Wildman–Crippen LogP) is 6.31. The van der Waals surface area contributed by atoms with Gasteiger partial charge in [-0.3, -0.25) is 4.79 Å². The Kier molecular flexibility index (Phi) is 8.19. The molecule has 37 heavy (non-hydrogen) atoms. The van der Waals surface area contributed by atoms with Gasteiger partial charge in [-0.2, -0.15) is 0 Å². The minimum atomic E-state index is -0.525. The molecule has 0 radical (unpaired) electrons. The molecule has 1 saturated heterocycles. The molecule has 1 atom stereocenters. The summed E-state index contributed by atoms with van der Waals surface area (Å²) in [6.45, 7) is 8.71. The number of ether oxygens (including phenoxy) is 1. The Balaban J connectivity index is 1.36. The molecular weight excluding hydrogens is 512 g/mol. The molecule has 0 unspecified atom stereocenters. The summed E-state index contributed by atoms with van der Waals surface area (Å²) in [7, 11) is 0. The number of likely N-dealkylation sites (tertiary alicyclic amines) is 1. The summed E-state index contributed by atoms with van der Waals surface area (Å²) >= 11 is 7.45. The van der Waals surface area contributed by atoms with Crippen LogP contribution in [-0.2, 0) is 4.74 Å². The fourth-order valence-electron chi connectivity index (χ4n) is 3.89. The fraction of sp³-hybridized carbons (Fsp3) is 0.385. The molecule has 1 fully saturated rings. The van der Waals surface area contributed by atoms with Crippen LogP contribution in [0.1, 0.15) is 48.8 Å². The number of carbonyl (C=O) groups is 2. The van der Waals surface area contributed by atoms with Gasteiger partial charge in [0.25, 0.3) is 5.91 Å². The van der Waals surface area contributed by atoms with Gasteiger partial charge in [0.1, 0.15) is 22.1 Å². The van der Waals surface area contributed by atoms with E-state index in [0.29, 0.717) is 45.4 Å². The van der Waals surface area contributed by atoms with Crippen molar-refractivity contribution in [1.29, 1.82) is 0 Å². The van der Waals surface area contributed by atoms with Crippen molar-refractivity contribution in [3.05, 3.63) is 58.1 Å². The molecule has 1 aliphatic heterocycles. The van der Waals surface area contributed by atoms with Crippen LogP contribution in [0.5, 0.6) is 0 Å². The lowest BCUT2D eigenvalue weighted by atomic mass is 10.1. The Morgan fingerprint density at radius 3 is 2.68 bits per heavy atom. The van der Waals surface area contributed by atoms with Gasteiger partial charge < -0.3 is 25.6 Å². The highest BCUT2D eigenvalue weighted by atomic mass is 35.5. The van der Waals surface area contributed by atoms with E-state index in [1.165, 1.54) is 17.5 Å². The van der Waals surface area contributed by atoms with Crippen molar-refractivity contribution in [2.75, 3.05) is 29.0 Å². The van der Waals surface area contributed by atoms with E-state index in [-0.39, 0.29) is 18.0 Å². The number of aryl methyl sites for hydroxylation is 1. The second kappa shape index (κ2) is 11.4. The highest BCUT2D eigenvalue weighted by Crippen LogP contribution is 2.28. The smallest absolute Gasteiger partial charge is 0.410 e. The van der Waals surface area contributed by atoms with Gasteiger partial charge >= 0.3 is 6.09 Å². The number of halogens is 1. The average molecular weight is 543 g/mol. The molecule has 2 amide bonds. The van der Waals surface area contributed by atoms with Crippen molar-refractivity contribution in [2.24, 2.45) is 0 Å². The zero-order valence-electron chi connectivity index (χ0n) is 21.3. The zero-order valence-corrected chi connectivity index (χ0v) is 22.9. The number of pyridine rings is 1. The molecule has 2 aromatic heterocycles. The van der Waals surface area contributed by atoms with Crippen LogP contribution in [-0.4, -0.2) is 51.6 Å². The number of piperidine rings is 1. The topological polar surface area (TPSA) is 108 Å². The van der Waals surface area contributed by atoms with Crippen LogP contribution in [0, 0.1) is 6.92 Å². The van der Waals surface area contributed by atoms with E-state index < -0.39 is 5.60 Å². The fourth-order valence-corrected chi connectivity index (χ4v) is 4.88. The molecule has 11 heteroatoms. The Labute approximate surface area is 225 Å². The minimum Gasteiger partial charge on any atom is -0.444 e. The number of nitrogens with zero attached hydrogens (tertiary/aromatic N) is 3. The third kappa shape index (κ3) is 7.33. The summed E-state index contributed by atoms with van der Waals surface area (Å²) in [4.78, 5) is 36.3. The molecule has 4 rings (SSSR count). The van der Waals surface area contributed by atoms with Gasteiger partial charge in [-0.25, -0.2) is 14.8 Å². The number of nitrogens with one attached hydrogen (secondary N) is 3. The SMILES string of the molecule is Cc1cccc(Cl)c1NC(=O)c1cnc(Nc2cccc(N[C@H]3CCCN(C(=O)OC(C)(C)C)C3)n2)s1. The van der Waals surface area contributed by atoms with Crippen molar-refractivity contribution in [3.63, 3.8) is 0 Å². The first-order chi connectivity index (χ1) is 17.6. The summed E-state index contributed by atoms with van der Waals surface area (Å²) in [5.41, 5.74) is 0.943. The van der Waals surface area contributed by atoms with Crippen molar-refractivity contribution in [2.45, 2.75) is 52.2 Å². The highest BCUT2D eigenvalue weighted by molar-refractivity contribution is 7.17. The number of hydrogen-bond acceptors (Lipinski definition) is 8. The first-order valence-electron chi connectivity index (χ1n) is 12.1. The number of thiazole rings is 1. The van der Waals surface area contributed by atoms with Crippen LogP contribution in [0.2, 0.25) is 5.02 Å². The number of anilines is 4. The van der Waals surface area contributed by atoms with Gasteiger partial charge in [-0.15, -0.1) is 0 Å². The predicted molar refractivity (Wildman–Crippen MR) is 148 cm³/mol.